The Labute approximate surface area is 170 Å². The van der Waals surface area contributed by atoms with Gasteiger partial charge in [0.1, 0.15) is 5.75 Å². The van der Waals surface area contributed by atoms with E-state index < -0.39 is 0 Å². The molecule has 0 aliphatic rings. The van der Waals surface area contributed by atoms with Gasteiger partial charge in [-0.2, -0.15) is 0 Å². The van der Waals surface area contributed by atoms with Crippen molar-refractivity contribution in [2.75, 3.05) is 11.9 Å². The Morgan fingerprint density at radius 3 is 2.07 bits per heavy atom. The van der Waals surface area contributed by atoms with E-state index in [1.165, 1.54) is 5.56 Å². The molecule has 2 rings (SSSR count). The molecule has 0 spiro atoms. The molecule has 3 nitrogen and oxygen atoms in total. The number of benzene rings is 2. The summed E-state index contributed by atoms with van der Waals surface area (Å²) in [6.45, 7) is 17.1. The van der Waals surface area contributed by atoms with Gasteiger partial charge in [-0.15, -0.1) is 0 Å². The number of aryl methyl sites for hydroxylation is 1. The van der Waals surface area contributed by atoms with E-state index in [-0.39, 0.29) is 17.9 Å². The summed E-state index contributed by atoms with van der Waals surface area (Å²) < 4.78 is 5.94. The van der Waals surface area contributed by atoms with Crippen LogP contribution in [-0.4, -0.2) is 12.5 Å². The average molecular weight is 382 g/mol. The van der Waals surface area contributed by atoms with Crippen molar-refractivity contribution in [2.45, 2.75) is 72.6 Å². The molecule has 152 valence electrons. The molecule has 0 aliphatic heterocycles. The van der Waals surface area contributed by atoms with Gasteiger partial charge in [0, 0.05) is 5.69 Å². The zero-order chi connectivity index (χ0) is 21.1. The Kier molecular flexibility index (Phi) is 6.92. The standard InChI is InChI=1S/C25H35NO2/c1-16(2)19-10-9-11-20(17(3)4)24(19)26-23(27)15-28-22-13-12-18(5)14-21(22)25(6,7)8/h9-14,16-17H,15H2,1-8H3,(H,26,27). The summed E-state index contributed by atoms with van der Waals surface area (Å²) in [5.74, 6) is 1.31. The molecule has 2 aromatic carbocycles. The third kappa shape index (κ3) is 5.37. The monoisotopic (exact) mass is 381 g/mol. The van der Waals surface area contributed by atoms with Crippen molar-refractivity contribution in [3.63, 3.8) is 0 Å². The van der Waals surface area contributed by atoms with E-state index in [4.69, 9.17) is 4.74 Å². The molecule has 0 saturated heterocycles. The van der Waals surface area contributed by atoms with Crippen molar-refractivity contribution in [3.8, 4) is 5.75 Å². The van der Waals surface area contributed by atoms with Gasteiger partial charge in [-0.3, -0.25) is 4.79 Å². The number of hydrogen-bond acceptors (Lipinski definition) is 2. The average Bonchev–Trinajstić information content (AvgIpc) is 2.59. The van der Waals surface area contributed by atoms with Crippen LogP contribution in [0.4, 0.5) is 5.69 Å². The van der Waals surface area contributed by atoms with Crippen LogP contribution in [0.3, 0.4) is 0 Å². The van der Waals surface area contributed by atoms with Gasteiger partial charge >= 0.3 is 0 Å². The number of para-hydroxylation sites is 1. The highest BCUT2D eigenvalue weighted by molar-refractivity contribution is 5.93. The first-order chi connectivity index (χ1) is 13.0. The number of rotatable bonds is 6. The van der Waals surface area contributed by atoms with Gasteiger partial charge in [-0.1, -0.05) is 84.4 Å². The van der Waals surface area contributed by atoms with Crippen LogP contribution in [0.15, 0.2) is 36.4 Å². The molecule has 0 atom stereocenters. The lowest BCUT2D eigenvalue weighted by Crippen LogP contribution is -2.23. The Morgan fingerprint density at radius 2 is 1.57 bits per heavy atom. The molecular weight excluding hydrogens is 346 g/mol. The Balaban J connectivity index is 2.21. The molecule has 0 aromatic heterocycles. The zero-order valence-electron chi connectivity index (χ0n) is 18.6. The predicted octanol–water partition coefficient (Wildman–Crippen LogP) is 6.56. The third-order valence-electron chi connectivity index (χ3n) is 4.94. The van der Waals surface area contributed by atoms with Gasteiger partial charge in [-0.05, 0) is 46.9 Å². The number of carbonyl (C=O) groups is 1. The minimum absolute atomic E-state index is 0.00386. The van der Waals surface area contributed by atoms with Gasteiger partial charge in [0.2, 0.25) is 0 Å². The van der Waals surface area contributed by atoms with Crippen LogP contribution in [-0.2, 0) is 10.2 Å². The van der Waals surface area contributed by atoms with Gasteiger partial charge in [0.25, 0.3) is 5.91 Å². The van der Waals surface area contributed by atoms with Crippen molar-refractivity contribution in [1.82, 2.24) is 0 Å². The van der Waals surface area contributed by atoms with Crippen LogP contribution in [0.1, 0.15) is 82.6 Å². The zero-order valence-corrected chi connectivity index (χ0v) is 18.6. The van der Waals surface area contributed by atoms with E-state index in [1.807, 2.05) is 12.1 Å². The fourth-order valence-electron chi connectivity index (χ4n) is 3.37. The maximum absolute atomic E-state index is 12.7. The number of ether oxygens (including phenoxy) is 1. The quantitative estimate of drug-likeness (QED) is 0.615. The van der Waals surface area contributed by atoms with Gasteiger partial charge in [-0.25, -0.2) is 0 Å². The Bertz CT molecular complexity index is 803. The van der Waals surface area contributed by atoms with Crippen LogP contribution in [0.25, 0.3) is 0 Å². The van der Waals surface area contributed by atoms with E-state index in [9.17, 15) is 4.79 Å². The summed E-state index contributed by atoms with van der Waals surface area (Å²) in [7, 11) is 0. The summed E-state index contributed by atoms with van der Waals surface area (Å²) in [4.78, 5) is 12.7. The van der Waals surface area contributed by atoms with E-state index in [0.717, 1.165) is 28.1 Å². The van der Waals surface area contributed by atoms with Crippen molar-refractivity contribution in [1.29, 1.82) is 0 Å². The molecule has 3 heteroatoms. The molecule has 0 aliphatic carbocycles. The second kappa shape index (κ2) is 8.81. The smallest absolute Gasteiger partial charge is 0.262 e. The molecule has 0 radical (unpaired) electrons. The van der Waals surface area contributed by atoms with Crippen molar-refractivity contribution >= 4 is 11.6 Å². The van der Waals surface area contributed by atoms with Crippen molar-refractivity contribution in [3.05, 3.63) is 58.7 Å². The first-order valence-corrected chi connectivity index (χ1v) is 10.2. The van der Waals surface area contributed by atoms with Crippen LogP contribution in [0.2, 0.25) is 0 Å². The maximum Gasteiger partial charge on any atom is 0.262 e. The number of anilines is 1. The maximum atomic E-state index is 12.7. The second-order valence-corrected chi connectivity index (χ2v) is 9.21. The molecule has 1 N–H and O–H groups in total. The molecule has 28 heavy (non-hydrogen) atoms. The van der Waals surface area contributed by atoms with E-state index in [1.54, 1.807) is 0 Å². The first kappa shape index (κ1) is 22.0. The summed E-state index contributed by atoms with van der Waals surface area (Å²) in [5, 5.41) is 3.12. The first-order valence-electron chi connectivity index (χ1n) is 10.2. The topological polar surface area (TPSA) is 38.3 Å². The van der Waals surface area contributed by atoms with E-state index in [0.29, 0.717) is 11.8 Å². The second-order valence-electron chi connectivity index (χ2n) is 9.21. The highest BCUT2D eigenvalue weighted by Gasteiger charge is 2.20. The highest BCUT2D eigenvalue weighted by atomic mass is 16.5. The van der Waals surface area contributed by atoms with Crippen LogP contribution in [0.5, 0.6) is 5.75 Å². The number of amides is 1. The number of carbonyl (C=O) groups excluding carboxylic acids is 1. The largest absolute Gasteiger partial charge is 0.483 e. The molecule has 0 saturated carbocycles. The van der Waals surface area contributed by atoms with E-state index >= 15 is 0 Å². The fourth-order valence-corrected chi connectivity index (χ4v) is 3.37. The minimum atomic E-state index is -0.129. The lowest BCUT2D eigenvalue weighted by Gasteiger charge is -2.24. The van der Waals surface area contributed by atoms with Crippen LogP contribution >= 0.6 is 0 Å². The summed E-state index contributed by atoms with van der Waals surface area (Å²) in [6.07, 6.45) is 0. The van der Waals surface area contributed by atoms with Crippen molar-refractivity contribution in [2.24, 2.45) is 0 Å². The molecule has 0 unspecified atom stereocenters. The number of nitrogens with one attached hydrogen (secondary N) is 1. The third-order valence-corrected chi connectivity index (χ3v) is 4.94. The van der Waals surface area contributed by atoms with E-state index in [2.05, 4.69) is 85.0 Å². The molecule has 1 amide bonds. The van der Waals surface area contributed by atoms with Crippen LogP contribution < -0.4 is 10.1 Å². The molecular formula is C25H35NO2. The molecule has 0 bridgehead atoms. The minimum Gasteiger partial charge on any atom is -0.483 e. The Morgan fingerprint density at radius 1 is 1.00 bits per heavy atom. The molecule has 0 heterocycles. The Hall–Kier alpha value is -2.29. The lowest BCUT2D eigenvalue weighted by atomic mass is 9.85. The van der Waals surface area contributed by atoms with Gasteiger partial charge < -0.3 is 10.1 Å². The molecule has 2 aromatic rings. The molecule has 0 fully saturated rings. The van der Waals surface area contributed by atoms with Crippen LogP contribution in [0, 0.1) is 6.92 Å². The fraction of sp³-hybridized carbons (Fsp3) is 0.480. The number of hydrogen-bond donors (Lipinski definition) is 1. The lowest BCUT2D eigenvalue weighted by molar-refractivity contribution is -0.118. The van der Waals surface area contributed by atoms with Crippen molar-refractivity contribution < 1.29 is 9.53 Å². The summed E-state index contributed by atoms with van der Waals surface area (Å²) in [5.41, 5.74) is 5.50. The summed E-state index contributed by atoms with van der Waals surface area (Å²) >= 11 is 0. The van der Waals surface area contributed by atoms with Gasteiger partial charge in [0.15, 0.2) is 6.61 Å². The normalized spacial score (nSPS) is 11.8. The highest BCUT2D eigenvalue weighted by Crippen LogP contribution is 2.33. The summed E-state index contributed by atoms with van der Waals surface area (Å²) in [6, 6.07) is 12.4. The predicted molar refractivity (Wildman–Crippen MR) is 119 cm³/mol. The SMILES string of the molecule is Cc1ccc(OCC(=O)Nc2c(C(C)C)cccc2C(C)C)c(C(C)(C)C)c1. The van der Waals surface area contributed by atoms with Gasteiger partial charge in [0.05, 0.1) is 0 Å².